The van der Waals surface area contributed by atoms with E-state index in [1.807, 2.05) is 49.4 Å². The van der Waals surface area contributed by atoms with Crippen molar-refractivity contribution in [1.29, 1.82) is 5.26 Å². The number of aryl methyl sites for hydroxylation is 1. The summed E-state index contributed by atoms with van der Waals surface area (Å²) in [4.78, 5) is 16.2. The number of halogens is 1. The van der Waals surface area contributed by atoms with E-state index in [1.165, 1.54) is 18.3 Å². The molecule has 4 nitrogen and oxygen atoms in total. The van der Waals surface area contributed by atoms with Crippen LogP contribution in [0.25, 0.3) is 22.9 Å². The van der Waals surface area contributed by atoms with Crippen LogP contribution in [-0.2, 0) is 4.79 Å². The summed E-state index contributed by atoms with van der Waals surface area (Å²) in [5.74, 6) is -0.188. The SMILES string of the molecule is CC(=O)Nc1sc(/C(C#N)=C/c2ccccc2Cl)nc1-c1ccc(C)cc1. The fourth-order valence-electron chi connectivity index (χ4n) is 2.48. The van der Waals surface area contributed by atoms with Gasteiger partial charge in [-0.1, -0.05) is 71.0 Å². The monoisotopic (exact) mass is 393 g/mol. The second kappa shape index (κ2) is 8.17. The molecule has 0 saturated heterocycles. The van der Waals surface area contributed by atoms with Crippen molar-refractivity contribution >= 4 is 45.5 Å². The van der Waals surface area contributed by atoms with E-state index in [9.17, 15) is 10.1 Å². The quantitative estimate of drug-likeness (QED) is 0.570. The molecule has 0 radical (unpaired) electrons. The van der Waals surface area contributed by atoms with Gasteiger partial charge in [0.1, 0.15) is 21.8 Å². The Morgan fingerprint density at radius 2 is 1.93 bits per heavy atom. The van der Waals surface area contributed by atoms with E-state index in [1.54, 1.807) is 12.1 Å². The van der Waals surface area contributed by atoms with E-state index < -0.39 is 0 Å². The molecule has 0 aliphatic rings. The van der Waals surface area contributed by atoms with Gasteiger partial charge in [0.05, 0.1) is 5.57 Å². The first-order valence-corrected chi connectivity index (χ1v) is 9.39. The van der Waals surface area contributed by atoms with Crippen LogP contribution in [0.3, 0.4) is 0 Å². The van der Waals surface area contributed by atoms with Gasteiger partial charge < -0.3 is 5.32 Å². The Bertz CT molecular complexity index is 1060. The molecule has 0 saturated carbocycles. The Morgan fingerprint density at radius 3 is 2.56 bits per heavy atom. The number of anilines is 1. The predicted octanol–water partition coefficient (Wildman–Crippen LogP) is 5.79. The molecule has 1 heterocycles. The van der Waals surface area contributed by atoms with Gasteiger partial charge in [0, 0.05) is 17.5 Å². The Balaban J connectivity index is 2.10. The average Bonchev–Trinajstić information content (AvgIpc) is 3.04. The van der Waals surface area contributed by atoms with Crippen molar-refractivity contribution in [3.63, 3.8) is 0 Å². The third-order valence-electron chi connectivity index (χ3n) is 3.80. The molecule has 3 aromatic rings. The summed E-state index contributed by atoms with van der Waals surface area (Å²) in [6.07, 6.45) is 1.71. The minimum absolute atomic E-state index is 0.188. The topological polar surface area (TPSA) is 65.8 Å². The molecule has 0 unspecified atom stereocenters. The molecule has 134 valence electrons. The highest BCUT2D eigenvalue weighted by Gasteiger charge is 2.17. The normalized spacial score (nSPS) is 11.1. The number of aromatic nitrogens is 1. The lowest BCUT2D eigenvalue weighted by molar-refractivity contribution is -0.114. The number of carbonyl (C=O) groups excluding carboxylic acids is 1. The summed E-state index contributed by atoms with van der Waals surface area (Å²) in [5, 5.41) is 14.1. The van der Waals surface area contributed by atoms with Gasteiger partial charge in [-0.15, -0.1) is 0 Å². The maximum Gasteiger partial charge on any atom is 0.221 e. The molecule has 6 heteroatoms. The van der Waals surface area contributed by atoms with Gasteiger partial charge in [0.15, 0.2) is 0 Å². The number of amides is 1. The molecular formula is C21H16ClN3OS. The zero-order valence-corrected chi connectivity index (χ0v) is 16.4. The van der Waals surface area contributed by atoms with Crippen LogP contribution in [0.4, 0.5) is 5.00 Å². The van der Waals surface area contributed by atoms with Gasteiger partial charge in [-0.05, 0) is 24.6 Å². The van der Waals surface area contributed by atoms with Crippen LogP contribution in [0.15, 0.2) is 48.5 Å². The first kappa shape index (κ1) is 18.8. The van der Waals surface area contributed by atoms with E-state index in [0.717, 1.165) is 16.7 Å². The predicted molar refractivity (Wildman–Crippen MR) is 112 cm³/mol. The van der Waals surface area contributed by atoms with Crippen molar-refractivity contribution < 1.29 is 4.79 Å². The Kier molecular flexibility index (Phi) is 5.70. The second-order valence-corrected chi connectivity index (χ2v) is 7.34. The summed E-state index contributed by atoms with van der Waals surface area (Å²) in [6, 6.07) is 17.3. The molecule has 2 aromatic carbocycles. The van der Waals surface area contributed by atoms with Crippen molar-refractivity contribution in [2.75, 3.05) is 5.32 Å². The van der Waals surface area contributed by atoms with Crippen molar-refractivity contribution in [2.24, 2.45) is 0 Å². The van der Waals surface area contributed by atoms with Crippen molar-refractivity contribution in [1.82, 2.24) is 4.98 Å². The number of rotatable bonds is 4. The van der Waals surface area contributed by atoms with E-state index >= 15 is 0 Å². The maximum atomic E-state index is 11.6. The summed E-state index contributed by atoms with van der Waals surface area (Å²) in [5.41, 5.74) is 3.78. The van der Waals surface area contributed by atoms with Crippen LogP contribution in [0.1, 0.15) is 23.1 Å². The lowest BCUT2D eigenvalue weighted by Crippen LogP contribution is -2.05. The van der Waals surface area contributed by atoms with Crippen LogP contribution in [0, 0.1) is 18.3 Å². The molecule has 1 aromatic heterocycles. The van der Waals surface area contributed by atoms with E-state index in [0.29, 0.717) is 26.3 Å². The van der Waals surface area contributed by atoms with Crippen molar-refractivity contribution in [2.45, 2.75) is 13.8 Å². The van der Waals surface area contributed by atoms with Gasteiger partial charge >= 0.3 is 0 Å². The number of benzene rings is 2. The first-order valence-electron chi connectivity index (χ1n) is 8.20. The van der Waals surface area contributed by atoms with Gasteiger partial charge in [-0.25, -0.2) is 4.98 Å². The standard InChI is InChI=1S/C21H16ClN3OS/c1-13-7-9-15(10-8-13)19-21(24-14(2)26)27-20(25-19)17(12-23)11-16-5-3-4-6-18(16)22/h3-11H,1-2H3,(H,24,26)/b17-11+. The zero-order valence-electron chi connectivity index (χ0n) is 14.8. The fourth-order valence-corrected chi connectivity index (χ4v) is 3.67. The largest absolute Gasteiger partial charge is 0.316 e. The van der Waals surface area contributed by atoms with Crippen molar-refractivity contribution in [3.8, 4) is 17.3 Å². The lowest BCUT2D eigenvalue weighted by Gasteiger charge is -2.03. The molecular weight excluding hydrogens is 378 g/mol. The van der Waals surface area contributed by atoms with E-state index in [4.69, 9.17) is 11.6 Å². The third-order valence-corrected chi connectivity index (χ3v) is 5.15. The van der Waals surface area contributed by atoms with E-state index in [-0.39, 0.29) is 5.91 Å². The van der Waals surface area contributed by atoms with Crippen LogP contribution in [0.5, 0.6) is 0 Å². The molecule has 1 N–H and O–H groups in total. The first-order chi connectivity index (χ1) is 13.0. The fraction of sp³-hybridized carbons (Fsp3) is 0.0952. The average molecular weight is 394 g/mol. The number of nitriles is 1. The number of nitrogens with zero attached hydrogens (tertiary/aromatic N) is 2. The van der Waals surface area contributed by atoms with E-state index in [2.05, 4.69) is 16.4 Å². The summed E-state index contributed by atoms with van der Waals surface area (Å²) >= 11 is 7.47. The highest BCUT2D eigenvalue weighted by Crippen LogP contribution is 2.37. The number of carbonyl (C=O) groups is 1. The molecule has 0 spiro atoms. The number of hydrogen-bond donors (Lipinski definition) is 1. The summed E-state index contributed by atoms with van der Waals surface area (Å²) in [6.45, 7) is 3.45. The highest BCUT2D eigenvalue weighted by atomic mass is 35.5. The van der Waals surface area contributed by atoms with Gasteiger partial charge in [0.25, 0.3) is 0 Å². The lowest BCUT2D eigenvalue weighted by atomic mass is 10.1. The molecule has 0 atom stereocenters. The minimum Gasteiger partial charge on any atom is -0.316 e. The van der Waals surface area contributed by atoms with Crippen LogP contribution < -0.4 is 5.32 Å². The van der Waals surface area contributed by atoms with Crippen LogP contribution in [-0.4, -0.2) is 10.9 Å². The number of allylic oxidation sites excluding steroid dienone is 1. The molecule has 0 aliphatic carbocycles. The number of nitrogens with one attached hydrogen (secondary N) is 1. The molecule has 0 aliphatic heterocycles. The summed E-state index contributed by atoms with van der Waals surface area (Å²) < 4.78 is 0. The zero-order chi connectivity index (χ0) is 19.4. The van der Waals surface area contributed by atoms with Gasteiger partial charge in [-0.3, -0.25) is 4.79 Å². The van der Waals surface area contributed by atoms with Gasteiger partial charge in [0.2, 0.25) is 5.91 Å². The number of thiazole rings is 1. The van der Waals surface area contributed by atoms with Crippen LogP contribution >= 0.6 is 22.9 Å². The Morgan fingerprint density at radius 1 is 1.22 bits per heavy atom. The van der Waals surface area contributed by atoms with Gasteiger partial charge in [-0.2, -0.15) is 5.26 Å². The minimum atomic E-state index is -0.188. The molecule has 0 bridgehead atoms. The Hall–Kier alpha value is -2.94. The Labute approximate surface area is 166 Å². The summed E-state index contributed by atoms with van der Waals surface area (Å²) in [7, 11) is 0. The second-order valence-electron chi connectivity index (χ2n) is 5.94. The molecule has 3 rings (SSSR count). The molecule has 0 fully saturated rings. The smallest absolute Gasteiger partial charge is 0.221 e. The maximum absolute atomic E-state index is 11.6. The highest BCUT2D eigenvalue weighted by molar-refractivity contribution is 7.17. The number of hydrogen-bond acceptors (Lipinski definition) is 4. The van der Waals surface area contributed by atoms with Crippen molar-refractivity contribution in [3.05, 3.63) is 69.7 Å². The third kappa shape index (κ3) is 4.43. The molecule has 1 amide bonds. The van der Waals surface area contributed by atoms with Crippen LogP contribution in [0.2, 0.25) is 5.02 Å². The molecule has 27 heavy (non-hydrogen) atoms.